The summed E-state index contributed by atoms with van der Waals surface area (Å²) in [5.41, 5.74) is 0.341. The highest BCUT2D eigenvalue weighted by atomic mass is 19.1. The van der Waals surface area contributed by atoms with Gasteiger partial charge < -0.3 is 10.6 Å². The first kappa shape index (κ1) is 13.0. The van der Waals surface area contributed by atoms with Crippen molar-refractivity contribution in [1.29, 1.82) is 0 Å². The van der Waals surface area contributed by atoms with Crippen molar-refractivity contribution >= 4 is 17.8 Å². The molecular weight excluding hydrogens is 253 g/mol. The van der Waals surface area contributed by atoms with Crippen molar-refractivity contribution in [3.05, 3.63) is 35.6 Å². The van der Waals surface area contributed by atoms with Crippen LogP contribution in [0.3, 0.4) is 0 Å². The summed E-state index contributed by atoms with van der Waals surface area (Å²) in [5, 5.41) is 4.76. The number of rotatable bonds is 4. The van der Waals surface area contributed by atoms with Gasteiger partial charge in [-0.05, 0) is 6.07 Å². The lowest BCUT2D eigenvalue weighted by Crippen LogP contribution is -2.40. The fourth-order valence-corrected chi connectivity index (χ4v) is 1.65. The van der Waals surface area contributed by atoms with Gasteiger partial charge in [-0.15, -0.1) is 0 Å². The van der Waals surface area contributed by atoms with E-state index < -0.39 is 23.7 Å². The van der Waals surface area contributed by atoms with E-state index in [9.17, 15) is 18.8 Å². The molecule has 7 heteroatoms. The van der Waals surface area contributed by atoms with Crippen molar-refractivity contribution in [1.82, 2.24) is 15.5 Å². The highest BCUT2D eigenvalue weighted by Crippen LogP contribution is 2.05. The van der Waals surface area contributed by atoms with Gasteiger partial charge in [-0.1, -0.05) is 18.2 Å². The molecule has 0 unspecified atom stereocenters. The predicted molar refractivity (Wildman–Crippen MR) is 63.4 cm³/mol. The molecule has 0 saturated carbocycles. The molecule has 0 aliphatic carbocycles. The quantitative estimate of drug-likeness (QED) is 0.752. The van der Waals surface area contributed by atoms with Crippen molar-refractivity contribution in [2.24, 2.45) is 0 Å². The van der Waals surface area contributed by atoms with E-state index >= 15 is 0 Å². The molecule has 1 aliphatic rings. The lowest BCUT2D eigenvalue weighted by molar-refractivity contribution is -0.130. The van der Waals surface area contributed by atoms with Gasteiger partial charge in [0.05, 0.1) is 6.54 Å². The Kier molecular flexibility index (Phi) is 3.74. The number of halogens is 1. The van der Waals surface area contributed by atoms with Crippen LogP contribution >= 0.6 is 0 Å². The number of hydrogen-bond acceptors (Lipinski definition) is 3. The number of imide groups is 1. The summed E-state index contributed by atoms with van der Waals surface area (Å²) >= 11 is 0. The Labute approximate surface area is 108 Å². The van der Waals surface area contributed by atoms with Gasteiger partial charge in [-0.3, -0.25) is 14.5 Å². The molecule has 1 heterocycles. The summed E-state index contributed by atoms with van der Waals surface area (Å²) in [6, 6.07) is 5.45. The van der Waals surface area contributed by atoms with Crippen molar-refractivity contribution < 1.29 is 18.8 Å². The monoisotopic (exact) mass is 265 g/mol. The molecule has 0 spiro atoms. The molecule has 0 radical (unpaired) electrons. The van der Waals surface area contributed by atoms with Crippen LogP contribution in [-0.2, 0) is 16.1 Å². The standard InChI is InChI=1S/C12H12FN3O3/c13-9-4-2-1-3-8(9)5-14-10(17)7-16-11(18)6-15-12(16)19/h1-4H,5-7H2,(H,14,17)(H,15,19). The average Bonchev–Trinajstić information content (AvgIpc) is 2.70. The van der Waals surface area contributed by atoms with Gasteiger partial charge >= 0.3 is 6.03 Å². The van der Waals surface area contributed by atoms with Crippen LogP contribution in [0.4, 0.5) is 9.18 Å². The second-order valence-corrected chi connectivity index (χ2v) is 4.01. The minimum atomic E-state index is -0.592. The average molecular weight is 265 g/mol. The van der Waals surface area contributed by atoms with E-state index in [4.69, 9.17) is 0 Å². The van der Waals surface area contributed by atoms with Gasteiger partial charge in [0.2, 0.25) is 5.91 Å². The molecule has 0 aromatic heterocycles. The number of benzene rings is 1. The van der Waals surface area contributed by atoms with Crippen LogP contribution in [0.25, 0.3) is 0 Å². The lowest BCUT2D eigenvalue weighted by atomic mass is 10.2. The van der Waals surface area contributed by atoms with Crippen LogP contribution in [0, 0.1) is 5.82 Å². The molecular formula is C12H12FN3O3. The molecule has 100 valence electrons. The number of nitrogens with one attached hydrogen (secondary N) is 2. The molecule has 1 saturated heterocycles. The van der Waals surface area contributed by atoms with E-state index in [2.05, 4.69) is 10.6 Å². The predicted octanol–water partition coefficient (Wildman–Crippen LogP) is -0.00630. The SMILES string of the molecule is O=C(CN1C(=O)CNC1=O)NCc1ccccc1F. The smallest absolute Gasteiger partial charge is 0.325 e. The summed E-state index contributed by atoms with van der Waals surface area (Å²) in [6.07, 6.45) is 0. The molecule has 1 aliphatic heterocycles. The summed E-state index contributed by atoms with van der Waals surface area (Å²) in [6.45, 7) is -0.451. The third-order valence-corrected chi connectivity index (χ3v) is 2.67. The fourth-order valence-electron chi connectivity index (χ4n) is 1.65. The van der Waals surface area contributed by atoms with E-state index in [0.717, 1.165) is 4.90 Å². The Hall–Kier alpha value is -2.44. The van der Waals surface area contributed by atoms with Crippen LogP contribution in [0.1, 0.15) is 5.56 Å². The highest BCUT2D eigenvalue weighted by Gasteiger charge is 2.29. The Morgan fingerprint density at radius 3 is 2.74 bits per heavy atom. The van der Waals surface area contributed by atoms with Gasteiger partial charge in [0.1, 0.15) is 12.4 Å². The molecule has 0 bridgehead atoms. The second-order valence-electron chi connectivity index (χ2n) is 4.01. The number of carbonyl (C=O) groups is 3. The van der Waals surface area contributed by atoms with Crippen molar-refractivity contribution in [3.63, 3.8) is 0 Å². The minimum absolute atomic E-state index is 0.00908. The maximum absolute atomic E-state index is 13.3. The number of nitrogens with zero attached hydrogens (tertiary/aromatic N) is 1. The lowest BCUT2D eigenvalue weighted by Gasteiger charge is -2.12. The number of urea groups is 1. The Morgan fingerprint density at radius 2 is 2.11 bits per heavy atom. The summed E-state index contributed by atoms with van der Waals surface area (Å²) < 4.78 is 13.3. The Morgan fingerprint density at radius 1 is 1.37 bits per heavy atom. The first-order valence-corrected chi connectivity index (χ1v) is 5.66. The Balaban J connectivity index is 1.87. The zero-order valence-corrected chi connectivity index (χ0v) is 9.98. The number of hydrogen-bond donors (Lipinski definition) is 2. The largest absolute Gasteiger partial charge is 0.350 e. The maximum atomic E-state index is 13.3. The third-order valence-electron chi connectivity index (χ3n) is 2.67. The molecule has 0 atom stereocenters. The fraction of sp³-hybridized carbons (Fsp3) is 0.250. The van der Waals surface area contributed by atoms with Crippen LogP contribution in [0.15, 0.2) is 24.3 Å². The van der Waals surface area contributed by atoms with E-state index in [1.165, 1.54) is 6.07 Å². The molecule has 1 aromatic carbocycles. The van der Waals surface area contributed by atoms with E-state index in [1.54, 1.807) is 18.2 Å². The van der Waals surface area contributed by atoms with Gasteiger partial charge in [0.25, 0.3) is 5.91 Å². The van der Waals surface area contributed by atoms with Crippen molar-refractivity contribution in [2.75, 3.05) is 13.1 Å². The molecule has 19 heavy (non-hydrogen) atoms. The van der Waals surface area contributed by atoms with E-state index in [-0.39, 0.29) is 19.6 Å². The molecule has 1 aromatic rings. The van der Waals surface area contributed by atoms with Crippen LogP contribution < -0.4 is 10.6 Å². The zero-order chi connectivity index (χ0) is 13.8. The van der Waals surface area contributed by atoms with Gasteiger partial charge in [-0.25, -0.2) is 9.18 Å². The molecule has 2 rings (SSSR count). The van der Waals surface area contributed by atoms with Crippen LogP contribution in [-0.4, -0.2) is 35.8 Å². The first-order valence-electron chi connectivity index (χ1n) is 5.66. The minimum Gasteiger partial charge on any atom is -0.350 e. The third kappa shape index (κ3) is 3.06. The van der Waals surface area contributed by atoms with Gasteiger partial charge in [0.15, 0.2) is 0 Å². The van der Waals surface area contributed by atoms with Crippen LogP contribution in [0.2, 0.25) is 0 Å². The van der Waals surface area contributed by atoms with E-state index in [1.807, 2.05) is 0 Å². The summed E-state index contributed by atoms with van der Waals surface area (Å²) in [4.78, 5) is 34.8. The topological polar surface area (TPSA) is 78.5 Å². The van der Waals surface area contributed by atoms with Crippen molar-refractivity contribution in [3.8, 4) is 0 Å². The normalized spacial score (nSPS) is 14.5. The van der Waals surface area contributed by atoms with Gasteiger partial charge in [-0.2, -0.15) is 0 Å². The zero-order valence-electron chi connectivity index (χ0n) is 9.98. The molecule has 4 amide bonds. The van der Waals surface area contributed by atoms with E-state index in [0.29, 0.717) is 5.56 Å². The highest BCUT2D eigenvalue weighted by molar-refractivity contribution is 6.04. The number of carbonyl (C=O) groups excluding carboxylic acids is 3. The second kappa shape index (κ2) is 5.47. The summed E-state index contributed by atoms with van der Waals surface area (Å²) in [7, 11) is 0. The summed E-state index contributed by atoms with van der Waals surface area (Å²) in [5.74, 6) is -1.39. The molecule has 2 N–H and O–H groups in total. The Bertz CT molecular complexity index is 517. The molecule has 6 nitrogen and oxygen atoms in total. The molecule has 1 fully saturated rings. The first-order chi connectivity index (χ1) is 9.08. The van der Waals surface area contributed by atoms with Gasteiger partial charge in [0, 0.05) is 12.1 Å². The maximum Gasteiger partial charge on any atom is 0.325 e. The van der Waals surface area contributed by atoms with Crippen LogP contribution in [0.5, 0.6) is 0 Å². The number of amides is 4. The van der Waals surface area contributed by atoms with Crippen molar-refractivity contribution in [2.45, 2.75) is 6.54 Å².